The van der Waals surface area contributed by atoms with Crippen LogP contribution in [0.15, 0.2) is 41.1 Å². The van der Waals surface area contributed by atoms with Crippen molar-refractivity contribution in [3.8, 4) is 0 Å². The van der Waals surface area contributed by atoms with Crippen molar-refractivity contribution in [2.45, 2.75) is 44.3 Å². The van der Waals surface area contributed by atoms with Crippen molar-refractivity contribution in [1.82, 2.24) is 4.98 Å². The van der Waals surface area contributed by atoms with Gasteiger partial charge in [-0.05, 0) is 48.1 Å². The molecule has 26 heavy (non-hydrogen) atoms. The fourth-order valence-electron chi connectivity index (χ4n) is 3.53. The van der Waals surface area contributed by atoms with E-state index in [9.17, 15) is 15.0 Å². The predicted octanol–water partition coefficient (Wildman–Crippen LogP) is 4.18. The molecule has 1 heterocycles. The van der Waals surface area contributed by atoms with Crippen molar-refractivity contribution in [3.63, 3.8) is 0 Å². The monoisotopic (exact) mass is 437 g/mol. The third-order valence-electron chi connectivity index (χ3n) is 5.00. The van der Waals surface area contributed by atoms with E-state index in [1.807, 2.05) is 18.2 Å². The zero-order chi connectivity index (χ0) is 18.7. The molecule has 0 spiro atoms. The number of nitrogens with zero attached hydrogens (tertiary/aromatic N) is 1. The second-order valence-corrected chi connectivity index (χ2v) is 8.14. The van der Waals surface area contributed by atoms with Crippen LogP contribution in [0.2, 0.25) is 5.02 Å². The smallest absolute Gasteiger partial charge is 0.163 e. The van der Waals surface area contributed by atoms with Crippen molar-refractivity contribution < 1.29 is 15.0 Å². The van der Waals surface area contributed by atoms with Crippen LogP contribution in [0.1, 0.15) is 47.2 Å². The van der Waals surface area contributed by atoms with E-state index in [0.717, 1.165) is 28.4 Å². The molecular formula is C20H21BrClNO3. The summed E-state index contributed by atoms with van der Waals surface area (Å²) in [6.45, 7) is 0. The molecule has 0 aliphatic heterocycles. The number of pyridine rings is 1. The summed E-state index contributed by atoms with van der Waals surface area (Å²) in [7, 11) is 0. The topological polar surface area (TPSA) is 70.4 Å². The van der Waals surface area contributed by atoms with Gasteiger partial charge in [-0.15, -0.1) is 0 Å². The fourth-order valence-corrected chi connectivity index (χ4v) is 4.27. The number of benzene rings is 1. The number of rotatable bonds is 5. The number of carbonyl (C=O) groups is 1. The van der Waals surface area contributed by atoms with Gasteiger partial charge in [-0.2, -0.15) is 0 Å². The summed E-state index contributed by atoms with van der Waals surface area (Å²) < 4.78 is 0.901. The van der Waals surface area contributed by atoms with Crippen molar-refractivity contribution in [2.24, 2.45) is 5.92 Å². The van der Waals surface area contributed by atoms with Crippen LogP contribution in [-0.2, 0) is 6.42 Å². The van der Waals surface area contributed by atoms with Gasteiger partial charge in [0.2, 0.25) is 0 Å². The SMILES string of the molecule is O=C(C[C@@H]1CCC[C@@H](O)[C@H]1O)c1ccncc1Cc1ccc(Br)cc1Cl. The summed E-state index contributed by atoms with van der Waals surface area (Å²) in [5, 5.41) is 20.6. The van der Waals surface area contributed by atoms with Gasteiger partial charge in [0.05, 0.1) is 12.2 Å². The molecule has 1 saturated carbocycles. The average Bonchev–Trinajstić information content (AvgIpc) is 2.62. The first-order valence-electron chi connectivity index (χ1n) is 8.72. The Kier molecular flexibility index (Phi) is 6.46. The summed E-state index contributed by atoms with van der Waals surface area (Å²) in [5.74, 6) is -0.239. The highest BCUT2D eigenvalue weighted by atomic mass is 79.9. The van der Waals surface area contributed by atoms with Crippen LogP contribution in [0.4, 0.5) is 0 Å². The molecule has 0 amide bonds. The molecule has 1 aromatic carbocycles. The third-order valence-corrected chi connectivity index (χ3v) is 5.84. The van der Waals surface area contributed by atoms with Crippen molar-refractivity contribution in [2.75, 3.05) is 0 Å². The highest BCUT2D eigenvalue weighted by Crippen LogP contribution is 2.30. The zero-order valence-electron chi connectivity index (χ0n) is 14.2. The minimum atomic E-state index is -0.834. The highest BCUT2D eigenvalue weighted by Gasteiger charge is 2.32. The maximum atomic E-state index is 12.9. The largest absolute Gasteiger partial charge is 0.390 e. The Morgan fingerprint density at radius 2 is 2.04 bits per heavy atom. The number of aromatic nitrogens is 1. The van der Waals surface area contributed by atoms with Gasteiger partial charge < -0.3 is 10.2 Å². The Labute approximate surface area is 166 Å². The maximum Gasteiger partial charge on any atom is 0.163 e. The molecular weight excluding hydrogens is 418 g/mol. The maximum absolute atomic E-state index is 12.9. The van der Waals surface area contributed by atoms with Crippen molar-refractivity contribution in [3.05, 3.63) is 62.8 Å². The summed E-state index contributed by atoms with van der Waals surface area (Å²) in [5.41, 5.74) is 2.34. The number of hydrogen-bond acceptors (Lipinski definition) is 4. The first-order chi connectivity index (χ1) is 12.5. The van der Waals surface area contributed by atoms with E-state index in [2.05, 4.69) is 20.9 Å². The van der Waals surface area contributed by atoms with Gasteiger partial charge in [0, 0.05) is 40.3 Å². The molecule has 2 N–H and O–H groups in total. The number of aliphatic hydroxyl groups excluding tert-OH is 2. The Morgan fingerprint density at radius 1 is 1.23 bits per heavy atom. The van der Waals surface area contributed by atoms with E-state index < -0.39 is 12.2 Å². The first-order valence-corrected chi connectivity index (χ1v) is 9.89. The fraction of sp³-hybridized carbons (Fsp3) is 0.400. The van der Waals surface area contributed by atoms with Crippen molar-refractivity contribution in [1.29, 1.82) is 0 Å². The van der Waals surface area contributed by atoms with Gasteiger partial charge in [-0.1, -0.05) is 40.0 Å². The number of halogens is 2. The predicted molar refractivity (Wildman–Crippen MR) is 104 cm³/mol. The second-order valence-electron chi connectivity index (χ2n) is 6.82. The molecule has 0 unspecified atom stereocenters. The van der Waals surface area contributed by atoms with Crippen LogP contribution in [0.5, 0.6) is 0 Å². The molecule has 1 aliphatic rings. The molecule has 0 bridgehead atoms. The third kappa shape index (κ3) is 4.52. The zero-order valence-corrected chi connectivity index (χ0v) is 16.6. The lowest BCUT2D eigenvalue weighted by Gasteiger charge is -2.31. The van der Waals surface area contributed by atoms with E-state index in [-0.39, 0.29) is 18.1 Å². The van der Waals surface area contributed by atoms with Gasteiger partial charge in [-0.3, -0.25) is 9.78 Å². The minimum absolute atomic E-state index is 0.0335. The lowest BCUT2D eigenvalue weighted by molar-refractivity contribution is -0.0445. The lowest BCUT2D eigenvalue weighted by atomic mass is 9.80. The van der Waals surface area contributed by atoms with Crippen molar-refractivity contribution >= 4 is 33.3 Å². The molecule has 6 heteroatoms. The standard InChI is InChI=1S/C20H21BrClNO3/c21-15-5-4-12(17(22)10-15)8-14-11-23-7-6-16(14)19(25)9-13-2-1-3-18(24)20(13)26/h4-7,10-11,13,18,20,24,26H,1-3,8-9H2/t13-,18+,20-/m0/s1. The Bertz CT molecular complexity index is 798. The molecule has 2 aromatic rings. The van der Waals surface area contributed by atoms with Gasteiger partial charge in [-0.25, -0.2) is 0 Å². The Hall–Kier alpha value is -1.27. The van der Waals surface area contributed by atoms with Crippen LogP contribution in [0.25, 0.3) is 0 Å². The molecule has 0 saturated heterocycles. The molecule has 4 nitrogen and oxygen atoms in total. The molecule has 1 aliphatic carbocycles. The molecule has 0 radical (unpaired) electrons. The minimum Gasteiger partial charge on any atom is -0.390 e. The molecule has 1 aromatic heterocycles. The van der Waals surface area contributed by atoms with E-state index in [4.69, 9.17) is 11.6 Å². The quantitative estimate of drug-likeness (QED) is 0.687. The summed E-state index contributed by atoms with van der Waals surface area (Å²) in [6.07, 6.45) is 4.63. The van der Waals surface area contributed by atoms with Gasteiger partial charge in [0.25, 0.3) is 0 Å². The average molecular weight is 439 g/mol. The molecule has 1 fully saturated rings. The number of carbonyl (C=O) groups excluding carboxylic acids is 1. The van der Waals surface area contributed by atoms with E-state index in [0.29, 0.717) is 23.4 Å². The van der Waals surface area contributed by atoms with Crippen LogP contribution >= 0.6 is 27.5 Å². The number of aliphatic hydroxyl groups is 2. The normalized spacial score (nSPS) is 23.0. The van der Waals surface area contributed by atoms with Crippen LogP contribution in [0, 0.1) is 5.92 Å². The van der Waals surface area contributed by atoms with Gasteiger partial charge in [0.15, 0.2) is 5.78 Å². The Balaban J connectivity index is 1.79. The molecule has 3 rings (SSSR count). The van der Waals surface area contributed by atoms with Crippen LogP contribution < -0.4 is 0 Å². The number of hydrogen-bond donors (Lipinski definition) is 2. The lowest BCUT2D eigenvalue weighted by Crippen LogP contribution is -2.38. The van der Waals surface area contributed by atoms with E-state index >= 15 is 0 Å². The van der Waals surface area contributed by atoms with Gasteiger partial charge in [0.1, 0.15) is 0 Å². The van der Waals surface area contributed by atoms with Crippen LogP contribution in [-0.4, -0.2) is 33.2 Å². The first kappa shape index (κ1) is 19.5. The van der Waals surface area contributed by atoms with Crippen LogP contribution in [0.3, 0.4) is 0 Å². The molecule has 138 valence electrons. The van der Waals surface area contributed by atoms with E-state index in [1.54, 1.807) is 18.5 Å². The van der Waals surface area contributed by atoms with E-state index in [1.165, 1.54) is 0 Å². The summed E-state index contributed by atoms with van der Waals surface area (Å²) >= 11 is 9.70. The summed E-state index contributed by atoms with van der Waals surface area (Å²) in [4.78, 5) is 17.0. The Morgan fingerprint density at radius 3 is 2.81 bits per heavy atom. The van der Waals surface area contributed by atoms with Gasteiger partial charge >= 0.3 is 0 Å². The number of ketones is 1. The second kappa shape index (κ2) is 8.61. The number of Topliss-reactive ketones (excluding diaryl/α,β-unsaturated/α-hetero) is 1. The highest BCUT2D eigenvalue weighted by molar-refractivity contribution is 9.10. The molecule has 3 atom stereocenters. The summed E-state index contributed by atoms with van der Waals surface area (Å²) in [6, 6.07) is 7.39.